The molecule has 1 atom stereocenters. The zero-order valence-corrected chi connectivity index (χ0v) is 10.7. The molecule has 18 heavy (non-hydrogen) atoms. The van der Waals surface area contributed by atoms with Crippen LogP contribution >= 0.6 is 0 Å². The fraction of sp³-hybridized carbons (Fsp3) is 0.692. The van der Waals surface area contributed by atoms with Crippen molar-refractivity contribution in [2.24, 2.45) is 0 Å². The first kappa shape index (κ1) is 13.5. The fourth-order valence-corrected chi connectivity index (χ4v) is 2.07. The highest BCUT2D eigenvalue weighted by Crippen LogP contribution is 2.11. The van der Waals surface area contributed by atoms with Crippen molar-refractivity contribution in [1.82, 2.24) is 10.2 Å². The van der Waals surface area contributed by atoms with E-state index in [-0.39, 0.29) is 0 Å². The molecule has 1 aromatic rings. The Labute approximate surface area is 108 Å². The van der Waals surface area contributed by atoms with Crippen LogP contribution in [0.5, 0.6) is 0 Å². The van der Waals surface area contributed by atoms with E-state index in [4.69, 9.17) is 9.15 Å². The lowest BCUT2D eigenvalue weighted by Gasteiger charge is -2.26. The summed E-state index contributed by atoms with van der Waals surface area (Å²) in [7, 11) is 0. The minimum atomic E-state index is -0.552. The van der Waals surface area contributed by atoms with E-state index in [0.29, 0.717) is 12.3 Å². The average molecular weight is 254 g/mol. The quantitative estimate of drug-likeness (QED) is 0.699. The van der Waals surface area contributed by atoms with Gasteiger partial charge in [-0.15, -0.1) is 0 Å². The van der Waals surface area contributed by atoms with Gasteiger partial charge in [0.05, 0.1) is 19.5 Å². The van der Waals surface area contributed by atoms with Gasteiger partial charge in [-0.05, 0) is 31.6 Å². The Kier molecular flexibility index (Phi) is 5.67. The Morgan fingerprint density at radius 2 is 2.22 bits per heavy atom. The zero-order valence-electron chi connectivity index (χ0n) is 10.7. The summed E-state index contributed by atoms with van der Waals surface area (Å²) < 4.78 is 10.4. The van der Waals surface area contributed by atoms with Crippen molar-refractivity contribution < 1.29 is 14.3 Å². The minimum absolute atomic E-state index is 0.538. The molecule has 2 rings (SSSR count). The molecule has 0 saturated carbocycles. The molecule has 5 heteroatoms. The van der Waals surface area contributed by atoms with E-state index in [0.717, 1.165) is 45.8 Å². The Hall–Kier alpha value is -0.880. The van der Waals surface area contributed by atoms with Gasteiger partial charge in [-0.25, -0.2) is 0 Å². The largest absolute Gasteiger partial charge is 0.467 e. The predicted molar refractivity (Wildman–Crippen MR) is 68.4 cm³/mol. The van der Waals surface area contributed by atoms with Crippen LogP contribution in [0.25, 0.3) is 0 Å². The van der Waals surface area contributed by atoms with Crippen LogP contribution in [0.15, 0.2) is 22.8 Å². The van der Waals surface area contributed by atoms with E-state index in [9.17, 15) is 5.11 Å². The molecule has 1 unspecified atom stereocenters. The van der Waals surface area contributed by atoms with Crippen LogP contribution in [0.4, 0.5) is 0 Å². The van der Waals surface area contributed by atoms with Crippen molar-refractivity contribution in [1.29, 1.82) is 0 Å². The highest BCUT2D eigenvalue weighted by molar-refractivity contribution is 5.02. The van der Waals surface area contributed by atoms with Crippen molar-refractivity contribution >= 4 is 0 Å². The van der Waals surface area contributed by atoms with Gasteiger partial charge in [0.15, 0.2) is 0 Å². The summed E-state index contributed by atoms with van der Waals surface area (Å²) in [6, 6.07) is 3.58. The van der Waals surface area contributed by atoms with Crippen LogP contribution in [0.2, 0.25) is 0 Å². The number of aliphatic hydroxyl groups excluding tert-OH is 1. The monoisotopic (exact) mass is 254 g/mol. The molecule has 1 fully saturated rings. The lowest BCUT2D eigenvalue weighted by Crippen LogP contribution is -2.37. The molecule has 1 aromatic heterocycles. The highest BCUT2D eigenvalue weighted by atomic mass is 16.5. The van der Waals surface area contributed by atoms with Crippen LogP contribution in [-0.2, 0) is 4.74 Å². The Balaban J connectivity index is 1.50. The van der Waals surface area contributed by atoms with Gasteiger partial charge in [0.2, 0.25) is 0 Å². The minimum Gasteiger partial charge on any atom is -0.467 e. The van der Waals surface area contributed by atoms with Crippen LogP contribution < -0.4 is 5.32 Å². The van der Waals surface area contributed by atoms with E-state index >= 15 is 0 Å². The molecule has 1 saturated heterocycles. The van der Waals surface area contributed by atoms with Gasteiger partial charge in [-0.2, -0.15) is 0 Å². The third kappa shape index (κ3) is 4.42. The summed E-state index contributed by atoms with van der Waals surface area (Å²) in [5, 5.41) is 13.0. The molecule has 1 aliphatic heterocycles. The van der Waals surface area contributed by atoms with Gasteiger partial charge in [0.25, 0.3) is 0 Å². The van der Waals surface area contributed by atoms with Gasteiger partial charge in [-0.1, -0.05) is 0 Å². The average Bonchev–Trinajstić information content (AvgIpc) is 2.93. The van der Waals surface area contributed by atoms with Gasteiger partial charge >= 0.3 is 0 Å². The van der Waals surface area contributed by atoms with Crippen LogP contribution in [-0.4, -0.2) is 55.9 Å². The number of hydrogen-bond donors (Lipinski definition) is 2. The Bertz CT molecular complexity index is 310. The first-order valence-corrected chi connectivity index (χ1v) is 6.58. The number of ether oxygens (including phenoxy) is 1. The molecule has 1 aliphatic rings. The number of morpholine rings is 1. The van der Waals surface area contributed by atoms with Gasteiger partial charge in [0, 0.05) is 19.6 Å². The Morgan fingerprint density at radius 1 is 1.39 bits per heavy atom. The normalized spacial score (nSPS) is 18.9. The van der Waals surface area contributed by atoms with Crippen LogP contribution in [0.1, 0.15) is 18.3 Å². The van der Waals surface area contributed by atoms with E-state index < -0.39 is 6.10 Å². The highest BCUT2D eigenvalue weighted by Gasteiger charge is 2.11. The topological polar surface area (TPSA) is 57.9 Å². The molecular weight excluding hydrogens is 232 g/mol. The molecule has 102 valence electrons. The fourth-order valence-electron chi connectivity index (χ4n) is 2.07. The first-order chi connectivity index (χ1) is 8.86. The number of nitrogens with zero attached hydrogens (tertiary/aromatic N) is 1. The molecule has 0 aromatic carbocycles. The van der Waals surface area contributed by atoms with Crippen molar-refractivity contribution in [2.75, 3.05) is 45.9 Å². The molecule has 0 amide bonds. The van der Waals surface area contributed by atoms with Gasteiger partial charge in [-0.3, -0.25) is 4.90 Å². The lowest BCUT2D eigenvalue weighted by molar-refractivity contribution is 0.0373. The summed E-state index contributed by atoms with van der Waals surface area (Å²) in [5.74, 6) is 0.621. The smallest absolute Gasteiger partial charge is 0.133 e. The third-order valence-electron chi connectivity index (χ3n) is 3.14. The molecule has 5 nitrogen and oxygen atoms in total. The predicted octanol–water partition coefficient (Wildman–Crippen LogP) is 0.625. The SMILES string of the molecule is OC(CNCCCN1CCOCC1)c1ccco1. The van der Waals surface area contributed by atoms with Crippen molar-refractivity contribution in [2.45, 2.75) is 12.5 Å². The van der Waals surface area contributed by atoms with Crippen molar-refractivity contribution in [3.8, 4) is 0 Å². The first-order valence-electron chi connectivity index (χ1n) is 6.58. The lowest BCUT2D eigenvalue weighted by atomic mass is 10.2. The maximum Gasteiger partial charge on any atom is 0.133 e. The summed E-state index contributed by atoms with van der Waals surface area (Å²) in [6.45, 7) is 6.32. The summed E-state index contributed by atoms with van der Waals surface area (Å²) in [5.41, 5.74) is 0. The molecule has 2 N–H and O–H groups in total. The molecule has 0 spiro atoms. The van der Waals surface area contributed by atoms with Crippen LogP contribution in [0, 0.1) is 0 Å². The van der Waals surface area contributed by atoms with Crippen molar-refractivity contribution in [3.05, 3.63) is 24.2 Å². The van der Waals surface area contributed by atoms with E-state index in [1.54, 1.807) is 18.4 Å². The van der Waals surface area contributed by atoms with E-state index in [1.165, 1.54) is 0 Å². The maximum atomic E-state index is 9.77. The molecule has 0 aliphatic carbocycles. The van der Waals surface area contributed by atoms with Gasteiger partial charge < -0.3 is 19.6 Å². The second-order valence-corrected chi connectivity index (χ2v) is 4.54. The second kappa shape index (κ2) is 7.53. The number of rotatable bonds is 7. The Morgan fingerprint density at radius 3 is 2.94 bits per heavy atom. The van der Waals surface area contributed by atoms with Gasteiger partial charge in [0.1, 0.15) is 11.9 Å². The number of hydrogen-bond acceptors (Lipinski definition) is 5. The summed E-state index contributed by atoms with van der Waals surface area (Å²) in [4.78, 5) is 2.41. The molecule has 0 bridgehead atoms. The summed E-state index contributed by atoms with van der Waals surface area (Å²) in [6.07, 6.45) is 2.12. The molecule has 0 radical (unpaired) electrons. The zero-order chi connectivity index (χ0) is 12.6. The molecule has 2 heterocycles. The van der Waals surface area contributed by atoms with E-state index in [2.05, 4.69) is 10.2 Å². The maximum absolute atomic E-state index is 9.77. The van der Waals surface area contributed by atoms with Crippen LogP contribution in [0.3, 0.4) is 0 Å². The standard InChI is InChI=1S/C13H22N2O3/c16-12(13-3-1-8-18-13)11-14-4-2-5-15-6-9-17-10-7-15/h1,3,8,12,14,16H,2,4-7,9-11H2. The number of nitrogens with one attached hydrogen (secondary N) is 1. The summed E-state index contributed by atoms with van der Waals surface area (Å²) >= 11 is 0. The van der Waals surface area contributed by atoms with E-state index in [1.807, 2.05) is 0 Å². The number of aliphatic hydroxyl groups is 1. The molecular formula is C13H22N2O3. The third-order valence-corrected chi connectivity index (χ3v) is 3.14. The number of furan rings is 1. The van der Waals surface area contributed by atoms with Crippen molar-refractivity contribution in [3.63, 3.8) is 0 Å². The second-order valence-electron chi connectivity index (χ2n) is 4.54.